The highest BCUT2D eigenvalue weighted by Gasteiger charge is 2.58. The van der Waals surface area contributed by atoms with Gasteiger partial charge >= 0.3 is 12.1 Å². The first-order valence-corrected chi connectivity index (χ1v) is 4.01. The topological polar surface area (TPSA) is 18.5 Å². The second-order valence-corrected chi connectivity index (χ2v) is 2.96. The zero-order valence-corrected chi connectivity index (χ0v) is 7.11. The maximum Gasteiger partial charge on any atom is 0.455 e. The van der Waals surface area contributed by atoms with E-state index in [4.69, 9.17) is 4.74 Å². The molecule has 0 amide bonds. The van der Waals surface area contributed by atoms with Gasteiger partial charge in [-0.2, -0.15) is 22.0 Å². The number of halogens is 5. The van der Waals surface area contributed by atoms with E-state index in [9.17, 15) is 22.0 Å². The van der Waals surface area contributed by atoms with Gasteiger partial charge in [0.2, 0.25) is 0 Å². The lowest BCUT2D eigenvalue weighted by Crippen LogP contribution is -2.41. The predicted molar refractivity (Wildman–Crippen MR) is 35.9 cm³/mol. The molecule has 1 aliphatic rings. The van der Waals surface area contributed by atoms with Crippen molar-refractivity contribution in [2.75, 3.05) is 13.2 Å². The number of hydrogen-bond donors (Lipinski definition) is 0. The van der Waals surface area contributed by atoms with E-state index in [1.807, 2.05) is 0 Å². The van der Waals surface area contributed by atoms with E-state index in [0.29, 0.717) is 19.4 Å². The monoisotopic (exact) mass is 220 g/mol. The second kappa shape index (κ2) is 3.98. The molecule has 1 heterocycles. The Balaban J connectivity index is 2.35. The van der Waals surface area contributed by atoms with Crippen LogP contribution < -0.4 is 0 Å². The van der Waals surface area contributed by atoms with Crippen molar-refractivity contribution in [3.8, 4) is 0 Å². The molecule has 14 heavy (non-hydrogen) atoms. The molecule has 1 saturated heterocycles. The highest BCUT2D eigenvalue weighted by atomic mass is 19.4. The molecule has 1 aliphatic heterocycles. The van der Waals surface area contributed by atoms with Crippen LogP contribution in [0.15, 0.2) is 0 Å². The maximum atomic E-state index is 12.3. The van der Waals surface area contributed by atoms with Crippen molar-refractivity contribution in [3.63, 3.8) is 0 Å². The minimum Gasteiger partial charge on any atom is -0.353 e. The van der Waals surface area contributed by atoms with Crippen LogP contribution in [0.2, 0.25) is 0 Å². The Hall–Kier alpha value is -0.430. The van der Waals surface area contributed by atoms with Gasteiger partial charge in [0.05, 0.1) is 0 Å². The van der Waals surface area contributed by atoms with Crippen LogP contribution >= 0.6 is 0 Å². The summed E-state index contributed by atoms with van der Waals surface area (Å²) in [6.07, 6.45) is -5.52. The predicted octanol–water partition coefficient (Wildman–Crippen LogP) is 2.34. The first kappa shape index (κ1) is 11.6. The lowest BCUT2D eigenvalue weighted by molar-refractivity contribution is -0.307. The second-order valence-electron chi connectivity index (χ2n) is 2.96. The van der Waals surface area contributed by atoms with Gasteiger partial charge in [0.15, 0.2) is 6.29 Å². The molecule has 0 saturated carbocycles. The van der Waals surface area contributed by atoms with Crippen molar-refractivity contribution in [3.05, 3.63) is 0 Å². The van der Waals surface area contributed by atoms with E-state index in [0.717, 1.165) is 0 Å². The highest BCUT2D eigenvalue weighted by molar-refractivity contribution is 4.75. The summed E-state index contributed by atoms with van der Waals surface area (Å²) in [5.74, 6) is -4.81. The molecule has 0 spiro atoms. The third-order valence-electron chi connectivity index (χ3n) is 1.75. The van der Waals surface area contributed by atoms with Crippen molar-refractivity contribution in [2.45, 2.75) is 31.2 Å². The van der Waals surface area contributed by atoms with Crippen LogP contribution in [0.3, 0.4) is 0 Å². The quantitative estimate of drug-likeness (QED) is 0.679. The zero-order chi connectivity index (χ0) is 10.8. The summed E-state index contributed by atoms with van der Waals surface area (Å²) in [6.45, 7) is -1.34. The van der Waals surface area contributed by atoms with Gasteiger partial charge in [-0.25, -0.2) is 0 Å². The first-order valence-electron chi connectivity index (χ1n) is 4.01. The minimum absolute atomic E-state index is 0.336. The largest absolute Gasteiger partial charge is 0.455 e. The highest BCUT2D eigenvalue weighted by Crippen LogP contribution is 2.36. The first-order chi connectivity index (χ1) is 6.33. The van der Waals surface area contributed by atoms with Crippen molar-refractivity contribution in [1.29, 1.82) is 0 Å². The molecule has 0 radical (unpaired) electrons. The summed E-state index contributed by atoms with van der Waals surface area (Å²) in [4.78, 5) is 0. The molecule has 0 aromatic carbocycles. The van der Waals surface area contributed by atoms with Gasteiger partial charge in [-0.3, -0.25) is 0 Å². The molecule has 1 atom stereocenters. The third-order valence-corrected chi connectivity index (χ3v) is 1.75. The standard InChI is InChI=1S/C7H9F5O2/c8-6(9,7(10,11)12)4-14-5-2-1-3-13-5/h5H,1-4H2. The normalized spacial score (nSPS) is 24.2. The van der Waals surface area contributed by atoms with Gasteiger partial charge in [-0.1, -0.05) is 0 Å². The fourth-order valence-corrected chi connectivity index (χ4v) is 0.959. The average molecular weight is 220 g/mol. The van der Waals surface area contributed by atoms with Gasteiger partial charge in [-0.15, -0.1) is 0 Å². The van der Waals surface area contributed by atoms with Crippen LogP contribution in [-0.4, -0.2) is 31.6 Å². The molecule has 0 N–H and O–H groups in total. The van der Waals surface area contributed by atoms with Crippen LogP contribution in [0.4, 0.5) is 22.0 Å². The van der Waals surface area contributed by atoms with Crippen LogP contribution in [0.1, 0.15) is 12.8 Å². The number of ether oxygens (including phenoxy) is 2. The van der Waals surface area contributed by atoms with Crippen LogP contribution in [0, 0.1) is 0 Å². The Morgan fingerprint density at radius 3 is 2.29 bits per heavy atom. The molecule has 84 valence electrons. The SMILES string of the molecule is FC(F)(F)C(F)(F)COC1CCCO1. The van der Waals surface area contributed by atoms with Gasteiger partial charge in [0, 0.05) is 13.0 Å². The molecule has 0 aliphatic carbocycles. The lowest BCUT2D eigenvalue weighted by atomic mass is 10.3. The smallest absolute Gasteiger partial charge is 0.353 e. The Labute approximate surface area is 77.0 Å². The lowest BCUT2D eigenvalue weighted by Gasteiger charge is -2.21. The molecule has 7 heteroatoms. The van der Waals surface area contributed by atoms with Gasteiger partial charge in [-0.05, 0) is 6.42 Å². The van der Waals surface area contributed by atoms with E-state index in [1.165, 1.54) is 0 Å². The van der Waals surface area contributed by atoms with Gasteiger partial charge in [0.25, 0.3) is 0 Å². The molecule has 1 fully saturated rings. The minimum atomic E-state index is -5.56. The number of rotatable bonds is 3. The zero-order valence-electron chi connectivity index (χ0n) is 7.11. The third kappa shape index (κ3) is 2.78. The van der Waals surface area contributed by atoms with E-state index in [1.54, 1.807) is 0 Å². The summed E-state index contributed by atoms with van der Waals surface area (Å²) >= 11 is 0. The molecular weight excluding hydrogens is 211 g/mol. The fraction of sp³-hybridized carbons (Fsp3) is 1.00. The van der Waals surface area contributed by atoms with Crippen LogP contribution in [0.25, 0.3) is 0 Å². The molecule has 1 rings (SSSR count). The maximum absolute atomic E-state index is 12.3. The van der Waals surface area contributed by atoms with E-state index >= 15 is 0 Å². The van der Waals surface area contributed by atoms with E-state index < -0.39 is 25.0 Å². The number of hydrogen-bond acceptors (Lipinski definition) is 2. The summed E-state index contributed by atoms with van der Waals surface area (Å²) in [5, 5.41) is 0. The van der Waals surface area contributed by atoms with E-state index in [2.05, 4.69) is 4.74 Å². The van der Waals surface area contributed by atoms with E-state index in [-0.39, 0.29) is 0 Å². The van der Waals surface area contributed by atoms with Crippen LogP contribution in [0.5, 0.6) is 0 Å². The van der Waals surface area contributed by atoms with Crippen molar-refractivity contribution in [2.24, 2.45) is 0 Å². The summed E-state index contributed by atoms with van der Waals surface area (Å²) in [5.41, 5.74) is 0. The van der Waals surface area contributed by atoms with Gasteiger partial charge in [0.1, 0.15) is 6.61 Å². The fourth-order valence-electron chi connectivity index (χ4n) is 0.959. The van der Waals surface area contributed by atoms with Crippen molar-refractivity contribution in [1.82, 2.24) is 0 Å². The Morgan fingerprint density at radius 1 is 1.21 bits per heavy atom. The van der Waals surface area contributed by atoms with Crippen molar-refractivity contribution >= 4 is 0 Å². The molecule has 0 aromatic rings. The van der Waals surface area contributed by atoms with Gasteiger partial charge < -0.3 is 9.47 Å². The van der Waals surface area contributed by atoms with Crippen molar-refractivity contribution < 1.29 is 31.4 Å². The average Bonchev–Trinajstić information content (AvgIpc) is 2.50. The molecule has 0 bridgehead atoms. The summed E-state index contributed by atoms with van der Waals surface area (Å²) < 4.78 is 68.5. The summed E-state index contributed by atoms with van der Waals surface area (Å²) in [7, 11) is 0. The Bertz CT molecular complexity index is 185. The number of alkyl halides is 5. The molecule has 2 nitrogen and oxygen atoms in total. The Morgan fingerprint density at radius 2 is 1.86 bits per heavy atom. The summed E-state index contributed by atoms with van der Waals surface area (Å²) in [6, 6.07) is 0. The Kier molecular flexibility index (Phi) is 3.31. The van der Waals surface area contributed by atoms with Crippen LogP contribution in [-0.2, 0) is 9.47 Å². The molecule has 0 aromatic heterocycles. The molecule has 1 unspecified atom stereocenters. The molecular formula is C7H9F5O2.